The molecule has 0 fully saturated rings. The quantitative estimate of drug-likeness (QED) is 0.0215. The molecule has 8 aromatic carbocycles. The lowest BCUT2D eigenvalue weighted by molar-refractivity contribution is -1.06. The van der Waals surface area contributed by atoms with Gasteiger partial charge in [-0.2, -0.15) is 0 Å². The van der Waals surface area contributed by atoms with Crippen LogP contribution in [0.4, 0.5) is 0 Å². The number of benzene rings is 8. The molecule has 8 aliphatic heterocycles. The summed E-state index contributed by atoms with van der Waals surface area (Å²) < 4.78 is 37.6. The van der Waals surface area contributed by atoms with Gasteiger partial charge in [-0.05, 0) is 298 Å². The van der Waals surface area contributed by atoms with E-state index in [0.717, 1.165) is 248 Å². The van der Waals surface area contributed by atoms with E-state index in [-0.39, 0.29) is 0 Å². The van der Waals surface area contributed by atoms with Crippen molar-refractivity contribution >= 4 is 46.7 Å². The molecule has 1 spiro atoms. The van der Waals surface area contributed by atoms with Crippen molar-refractivity contribution in [3.05, 3.63) is 334 Å². The first-order chi connectivity index (χ1) is 63.9. The SMILES string of the molecule is CCC/C=C/C/C=C/CCCCCCCc1cccc(Oc2ccc3c(c2)C2=NC4=[N+]5C(=NC6=[N+]7C(=NC8=[N+]9C(=NC3=[N+]2[C@]597)c2ccc(Oc3cccc(CCCCCCC/C=C/C/C=C/CCC)c3)cc28)c2ccc(Oc3cccc(CCCCCCC/C=C/C/C=C/CCC)c3)cc26)c2ccc(Oc3cccc(CCCCCCC/C=C/C/C=C/CCC)c3)cc24)c1. The van der Waals surface area contributed by atoms with Gasteiger partial charge in [0.2, 0.25) is 0 Å². The lowest BCUT2D eigenvalue weighted by Crippen LogP contribution is -2.76. The smallest absolute Gasteiger partial charge is 0.457 e. The summed E-state index contributed by atoms with van der Waals surface area (Å²) in [6.07, 6.45) is 83.6. The van der Waals surface area contributed by atoms with Crippen molar-refractivity contribution < 1.29 is 37.2 Å². The van der Waals surface area contributed by atoms with Gasteiger partial charge in [0.15, 0.2) is 0 Å². The van der Waals surface area contributed by atoms with Crippen molar-refractivity contribution in [1.29, 1.82) is 0 Å². The zero-order valence-electron chi connectivity index (χ0n) is 77.4. The molecule has 0 unspecified atom stereocenters. The number of unbranched alkanes of at least 4 members (excludes halogenated alkanes) is 24. The molecule has 0 bridgehead atoms. The van der Waals surface area contributed by atoms with E-state index < -0.39 is 5.91 Å². The maximum absolute atomic E-state index is 7.05. The fourth-order valence-electron chi connectivity index (χ4n) is 19.0. The van der Waals surface area contributed by atoms with Crippen LogP contribution in [-0.2, 0) is 25.7 Å². The topological polar surface area (TPSA) is 98.4 Å². The molecule has 1 atom stereocenters. The van der Waals surface area contributed by atoms with Gasteiger partial charge < -0.3 is 18.9 Å². The Kier molecular flexibility index (Phi) is 32.6. The maximum atomic E-state index is 7.05. The number of fused-ring (bicyclic) bond motifs is 12. The highest BCUT2D eigenvalue weighted by atomic mass is 16.5. The van der Waals surface area contributed by atoms with Crippen molar-refractivity contribution in [2.75, 3.05) is 0 Å². The zero-order valence-corrected chi connectivity index (χ0v) is 77.4. The van der Waals surface area contributed by atoms with Crippen LogP contribution in [0.15, 0.2) is 287 Å². The predicted molar refractivity (Wildman–Crippen MR) is 535 cm³/mol. The summed E-state index contributed by atoms with van der Waals surface area (Å²) in [7, 11) is 0. The zero-order chi connectivity index (χ0) is 88.0. The van der Waals surface area contributed by atoms with Crippen molar-refractivity contribution in [3.63, 3.8) is 0 Å². The average Bonchev–Trinajstić information content (AvgIpc) is 1.46. The number of nitrogens with zero attached hydrogens (tertiary/aromatic N) is 8. The Morgan fingerprint density at radius 2 is 0.442 bits per heavy atom. The largest absolute Gasteiger partial charge is 0.491 e. The molecule has 0 saturated carbocycles. The van der Waals surface area contributed by atoms with Crippen molar-refractivity contribution in [1.82, 2.24) is 0 Å². The molecule has 129 heavy (non-hydrogen) atoms. The van der Waals surface area contributed by atoms with Gasteiger partial charge in [0.25, 0.3) is 46.7 Å². The summed E-state index contributed by atoms with van der Waals surface area (Å²) in [5, 5.41) is 0. The van der Waals surface area contributed by atoms with Crippen LogP contribution in [-0.4, -0.2) is 70.9 Å². The van der Waals surface area contributed by atoms with Crippen LogP contribution in [0.1, 0.15) is 326 Å². The van der Waals surface area contributed by atoms with E-state index in [4.69, 9.17) is 38.9 Å². The van der Waals surface area contributed by atoms with Crippen LogP contribution in [0.5, 0.6) is 46.0 Å². The van der Waals surface area contributed by atoms with Gasteiger partial charge in [-0.1, -0.05) is 296 Å². The minimum Gasteiger partial charge on any atom is -0.457 e. The first kappa shape index (κ1) is 90.6. The van der Waals surface area contributed by atoms with E-state index in [1.807, 2.05) is 0 Å². The van der Waals surface area contributed by atoms with Crippen molar-refractivity contribution in [2.45, 2.75) is 290 Å². The third-order valence-corrected chi connectivity index (χ3v) is 25.8. The van der Waals surface area contributed by atoms with E-state index in [2.05, 4.69) is 313 Å². The number of amidine groups is 8. The Labute approximate surface area is 769 Å². The van der Waals surface area contributed by atoms with Crippen LogP contribution >= 0.6 is 0 Å². The predicted octanol–water partition coefficient (Wildman–Crippen LogP) is 30.4. The fourth-order valence-corrected chi connectivity index (χ4v) is 19.0. The van der Waals surface area contributed by atoms with Gasteiger partial charge >= 0.3 is 5.91 Å². The molecular weight excluding hydrogens is 1580 g/mol. The third kappa shape index (κ3) is 22.4. The first-order valence-electron chi connectivity index (χ1n) is 49.8. The Hall–Kier alpha value is -11.8. The van der Waals surface area contributed by atoms with E-state index >= 15 is 0 Å². The summed E-state index contributed by atoms with van der Waals surface area (Å²) >= 11 is 0. The lowest BCUT2D eigenvalue weighted by Gasteiger charge is -2.38. The van der Waals surface area contributed by atoms with Gasteiger partial charge in [0, 0.05) is 0 Å². The summed E-state index contributed by atoms with van der Waals surface area (Å²) in [6.45, 7) is 8.93. The Morgan fingerprint density at radius 1 is 0.217 bits per heavy atom. The molecule has 8 heterocycles. The Morgan fingerprint density at radius 3 is 0.721 bits per heavy atom. The monoisotopic (exact) mass is 1720 g/mol. The highest BCUT2D eigenvalue weighted by Crippen LogP contribution is 2.49. The van der Waals surface area contributed by atoms with Gasteiger partial charge in [-0.3, -0.25) is 0 Å². The second-order valence-electron chi connectivity index (χ2n) is 35.9. The van der Waals surface area contributed by atoms with Crippen LogP contribution in [0.2, 0.25) is 0 Å². The molecule has 8 aliphatic rings. The normalized spacial score (nSPS) is 15.9. The van der Waals surface area contributed by atoms with Crippen LogP contribution < -0.4 is 18.9 Å². The first-order valence-corrected chi connectivity index (χ1v) is 49.8. The molecule has 0 radical (unpaired) electrons. The summed E-state index contributed by atoms with van der Waals surface area (Å²) in [5.41, 5.74) is 12.5. The highest BCUT2D eigenvalue weighted by Gasteiger charge is 2.78. The molecule has 664 valence electrons. The molecule has 12 nitrogen and oxygen atoms in total. The molecule has 0 aliphatic carbocycles. The minimum absolute atomic E-state index is 0.712. The van der Waals surface area contributed by atoms with Gasteiger partial charge in [-0.25, -0.2) is 0 Å². The van der Waals surface area contributed by atoms with Gasteiger partial charge in [0.1, 0.15) is 46.0 Å². The number of ether oxygens (including phenoxy) is 4. The standard InChI is InChI=1S/C117H136N8O4/c1-5-9-13-17-21-25-29-33-37-41-45-49-53-61-89-65-57-69-93(81-89)126-97-73-77-101-105(85-97)113-119-111-103-79-75-98(127-94-70-58-66-90(82-94)62-54-50-46-42-38-34-30-26-22-18-14-10-6-2)86-106(103)114-120-112-104-80-76-100(129-96-72-60-68-92(84-96)64-56-52-48-44-40-36-32-28-24-20-16-12-8-4)88-108(104)116-121-115-107-87-99(74-78-102(107)110-118-109(101)122(113)117(123(110)115,124(111)114)125(112)116)128-95-71-59-67-91(83-95)63-55-51-47-43-39-35-31-27-23-19-15-11-7-3/h13-20,25-32,57-60,65-88H,5-12,21-24,33-56,61-64H2,1-4H3/q+4/b17-13+,18-14+,19-15+,20-16+,29-25+,30-26+,31-27+,32-28+/t117-/m1/s1. The van der Waals surface area contributed by atoms with Crippen molar-refractivity contribution in [3.8, 4) is 46.0 Å². The van der Waals surface area contributed by atoms with Crippen LogP contribution in [0.25, 0.3) is 0 Å². The van der Waals surface area contributed by atoms with E-state index in [1.165, 1.54) is 151 Å². The Bertz CT molecular complexity index is 5790. The molecule has 0 saturated heterocycles. The molecular formula is C117H136N8O4+4. The Balaban J connectivity index is 0.714. The van der Waals surface area contributed by atoms with Gasteiger partial charge in [-0.15, -0.1) is 18.3 Å². The molecule has 0 amide bonds. The molecule has 8 aromatic rings. The number of aryl methyl sites for hydroxylation is 4. The van der Waals surface area contributed by atoms with Crippen molar-refractivity contribution in [2.24, 2.45) is 20.0 Å². The molecule has 16 rings (SSSR count). The second kappa shape index (κ2) is 46.5. The number of aliphatic imine (C=N–C) groups is 4. The maximum Gasteiger partial charge on any atom is 0.491 e. The fraction of sp³-hybridized carbons (Fsp3) is 0.385. The number of hydrogen-bond donors (Lipinski definition) is 0. The van der Waals surface area contributed by atoms with E-state index in [0.29, 0.717) is 17.2 Å². The third-order valence-electron chi connectivity index (χ3n) is 25.8. The molecule has 0 N–H and O–H groups in total. The van der Waals surface area contributed by atoms with E-state index in [9.17, 15) is 0 Å². The average molecular weight is 1720 g/mol. The number of hydrogen-bond acceptors (Lipinski definition) is 8. The summed E-state index contributed by atoms with van der Waals surface area (Å²) in [4.78, 5) is 23.8. The summed E-state index contributed by atoms with van der Waals surface area (Å²) in [6, 6.07) is 60.6. The number of allylic oxidation sites excluding steroid dienone is 16. The highest BCUT2D eigenvalue weighted by molar-refractivity contribution is 6.30. The van der Waals surface area contributed by atoms with E-state index in [1.54, 1.807) is 0 Å². The molecule has 12 heteroatoms. The second-order valence-corrected chi connectivity index (χ2v) is 35.9. The van der Waals surface area contributed by atoms with Gasteiger partial charge in [0.05, 0.1) is 44.5 Å². The van der Waals surface area contributed by atoms with Crippen LogP contribution in [0.3, 0.4) is 0 Å². The minimum atomic E-state index is -1.32. The number of rotatable bonds is 56. The van der Waals surface area contributed by atoms with Crippen LogP contribution in [0, 0.1) is 0 Å². The molecule has 0 aromatic heterocycles. The lowest BCUT2D eigenvalue weighted by atomic mass is 10.0. The summed E-state index contributed by atoms with van der Waals surface area (Å²) in [5.74, 6) is 10.8.